The van der Waals surface area contributed by atoms with Crippen LogP contribution in [-0.2, 0) is 9.53 Å². The number of ether oxygens (including phenoxy) is 1. The number of likely N-dealkylation sites (N-methyl/N-ethyl adjacent to an activating group) is 1. The van der Waals surface area contributed by atoms with Gasteiger partial charge in [0.2, 0.25) is 0 Å². The van der Waals surface area contributed by atoms with Gasteiger partial charge in [0.1, 0.15) is 5.54 Å². The molecule has 1 atom stereocenters. The van der Waals surface area contributed by atoms with E-state index in [9.17, 15) is 4.79 Å². The zero-order valence-electron chi connectivity index (χ0n) is 10.8. The first-order chi connectivity index (χ1) is 8.53. The van der Waals surface area contributed by atoms with E-state index in [0.29, 0.717) is 5.75 Å². The first kappa shape index (κ1) is 15.5. The molecule has 1 unspecified atom stereocenters. The molecule has 100 valence electrons. The zero-order valence-corrected chi connectivity index (χ0v) is 13.2. The van der Waals surface area contributed by atoms with Gasteiger partial charge in [-0.1, -0.05) is 19.1 Å². The topological polar surface area (TPSA) is 38.3 Å². The van der Waals surface area contributed by atoms with E-state index in [1.165, 1.54) is 7.11 Å². The number of thioether (sulfide) groups is 1. The number of halogens is 1. The van der Waals surface area contributed by atoms with Gasteiger partial charge in [-0.15, -0.1) is 11.8 Å². The van der Waals surface area contributed by atoms with Gasteiger partial charge >= 0.3 is 5.97 Å². The Balaban J connectivity index is 2.74. The van der Waals surface area contributed by atoms with Gasteiger partial charge in [-0.25, -0.2) is 0 Å². The Bertz CT molecular complexity index is 414. The number of hydrogen-bond donors (Lipinski definition) is 1. The third-order valence-corrected chi connectivity index (χ3v) is 4.90. The standard InChI is InChI=1S/C13H18BrNO2S/c1-4-15-13(2,12(16)17-3)9-18-11-8-6-5-7-10(11)14/h5-8,15H,4,9H2,1-3H3. The van der Waals surface area contributed by atoms with Crippen molar-refractivity contribution >= 4 is 33.7 Å². The van der Waals surface area contributed by atoms with Crippen LogP contribution in [0.1, 0.15) is 13.8 Å². The van der Waals surface area contributed by atoms with Crippen molar-refractivity contribution in [3.05, 3.63) is 28.7 Å². The van der Waals surface area contributed by atoms with Gasteiger partial charge in [0.25, 0.3) is 0 Å². The number of nitrogens with one attached hydrogen (secondary N) is 1. The van der Waals surface area contributed by atoms with Crippen LogP contribution in [0.4, 0.5) is 0 Å². The molecule has 3 nitrogen and oxygen atoms in total. The summed E-state index contributed by atoms with van der Waals surface area (Å²) in [7, 11) is 1.42. The van der Waals surface area contributed by atoms with Crippen molar-refractivity contribution in [1.82, 2.24) is 5.32 Å². The van der Waals surface area contributed by atoms with Crippen LogP contribution in [0.25, 0.3) is 0 Å². The van der Waals surface area contributed by atoms with E-state index < -0.39 is 5.54 Å². The van der Waals surface area contributed by atoms with Gasteiger partial charge in [-0.2, -0.15) is 0 Å². The van der Waals surface area contributed by atoms with Gasteiger partial charge < -0.3 is 10.1 Å². The van der Waals surface area contributed by atoms with E-state index in [2.05, 4.69) is 21.2 Å². The molecular formula is C13H18BrNO2S. The third kappa shape index (κ3) is 4.00. The lowest BCUT2D eigenvalue weighted by atomic mass is 10.1. The number of carbonyl (C=O) groups excluding carboxylic acids is 1. The molecule has 0 fully saturated rings. The fourth-order valence-electron chi connectivity index (χ4n) is 1.58. The number of rotatable bonds is 6. The van der Waals surface area contributed by atoms with Crippen LogP contribution in [0, 0.1) is 0 Å². The van der Waals surface area contributed by atoms with Crippen molar-refractivity contribution in [1.29, 1.82) is 0 Å². The maximum atomic E-state index is 11.8. The van der Waals surface area contributed by atoms with Crippen LogP contribution in [0.5, 0.6) is 0 Å². The molecular weight excluding hydrogens is 314 g/mol. The summed E-state index contributed by atoms with van der Waals surface area (Å²) in [6.07, 6.45) is 0. The number of methoxy groups -OCH3 is 1. The van der Waals surface area contributed by atoms with Crippen LogP contribution < -0.4 is 5.32 Å². The third-order valence-electron chi connectivity index (χ3n) is 2.56. The summed E-state index contributed by atoms with van der Waals surface area (Å²) in [6.45, 7) is 4.57. The lowest BCUT2D eigenvalue weighted by molar-refractivity contribution is -0.146. The van der Waals surface area contributed by atoms with E-state index in [0.717, 1.165) is 15.9 Å². The zero-order chi connectivity index (χ0) is 13.6. The predicted molar refractivity (Wildman–Crippen MR) is 79.0 cm³/mol. The molecule has 18 heavy (non-hydrogen) atoms. The van der Waals surface area contributed by atoms with Gasteiger partial charge in [0, 0.05) is 15.1 Å². The Morgan fingerprint density at radius 3 is 2.72 bits per heavy atom. The molecule has 0 aliphatic carbocycles. The van der Waals surface area contributed by atoms with Crippen molar-refractivity contribution in [2.75, 3.05) is 19.4 Å². The van der Waals surface area contributed by atoms with Gasteiger partial charge in [-0.3, -0.25) is 4.79 Å². The highest BCUT2D eigenvalue weighted by atomic mass is 79.9. The summed E-state index contributed by atoms with van der Waals surface area (Å²) in [5.41, 5.74) is -0.663. The Morgan fingerprint density at radius 2 is 2.17 bits per heavy atom. The molecule has 1 aromatic rings. The van der Waals surface area contributed by atoms with Gasteiger partial charge in [0.05, 0.1) is 7.11 Å². The normalized spacial score (nSPS) is 14.0. The maximum Gasteiger partial charge on any atom is 0.326 e. The highest BCUT2D eigenvalue weighted by Crippen LogP contribution is 2.29. The number of carbonyl (C=O) groups is 1. The summed E-state index contributed by atoms with van der Waals surface area (Å²) in [6, 6.07) is 7.97. The minimum absolute atomic E-state index is 0.232. The molecule has 0 bridgehead atoms. The van der Waals surface area contributed by atoms with E-state index in [-0.39, 0.29) is 5.97 Å². The molecule has 0 aliphatic heterocycles. The van der Waals surface area contributed by atoms with Crippen LogP contribution in [0.15, 0.2) is 33.6 Å². The second-order valence-electron chi connectivity index (χ2n) is 4.07. The molecule has 0 radical (unpaired) electrons. The van der Waals surface area contributed by atoms with Crippen LogP contribution >= 0.6 is 27.7 Å². The fourth-order valence-corrected chi connectivity index (χ4v) is 3.25. The lowest BCUT2D eigenvalue weighted by Gasteiger charge is -2.27. The Labute approximate surface area is 121 Å². The molecule has 0 aromatic heterocycles. The average molecular weight is 332 g/mol. The van der Waals surface area contributed by atoms with Crippen molar-refractivity contribution in [3.8, 4) is 0 Å². The molecule has 0 saturated carbocycles. The summed E-state index contributed by atoms with van der Waals surface area (Å²) in [5.74, 6) is 0.389. The molecule has 0 aliphatic rings. The van der Waals surface area contributed by atoms with E-state index >= 15 is 0 Å². The molecule has 0 spiro atoms. The predicted octanol–water partition coefficient (Wildman–Crippen LogP) is 3.08. The van der Waals surface area contributed by atoms with Crippen LogP contribution in [0.2, 0.25) is 0 Å². The Morgan fingerprint density at radius 1 is 1.50 bits per heavy atom. The fraction of sp³-hybridized carbons (Fsp3) is 0.462. The van der Waals surface area contributed by atoms with Gasteiger partial charge in [-0.05, 0) is 41.5 Å². The smallest absolute Gasteiger partial charge is 0.326 e. The van der Waals surface area contributed by atoms with E-state index in [1.807, 2.05) is 38.1 Å². The summed E-state index contributed by atoms with van der Waals surface area (Å²) in [4.78, 5) is 12.9. The molecule has 1 rings (SSSR count). The quantitative estimate of drug-likeness (QED) is 0.642. The first-order valence-corrected chi connectivity index (χ1v) is 7.52. The van der Waals surface area contributed by atoms with Crippen LogP contribution in [0.3, 0.4) is 0 Å². The largest absolute Gasteiger partial charge is 0.468 e. The molecule has 5 heteroatoms. The molecule has 0 saturated heterocycles. The molecule has 1 aromatic carbocycles. The van der Waals surface area contributed by atoms with Gasteiger partial charge in [0.15, 0.2) is 0 Å². The van der Waals surface area contributed by atoms with Crippen LogP contribution in [-0.4, -0.2) is 30.9 Å². The molecule has 0 amide bonds. The summed E-state index contributed by atoms with van der Waals surface area (Å²) in [5, 5.41) is 3.19. The van der Waals surface area contributed by atoms with Crippen molar-refractivity contribution < 1.29 is 9.53 Å². The minimum Gasteiger partial charge on any atom is -0.468 e. The van der Waals surface area contributed by atoms with E-state index in [1.54, 1.807) is 11.8 Å². The lowest BCUT2D eigenvalue weighted by Crippen LogP contribution is -2.52. The highest BCUT2D eigenvalue weighted by molar-refractivity contribution is 9.10. The molecule has 0 heterocycles. The number of benzene rings is 1. The maximum absolute atomic E-state index is 11.8. The van der Waals surface area contributed by atoms with Crippen molar-refractivity contribution in [3.63, 3.8) is 0 Å². The Kier molecular flexibility index (Phi) is 6.18. The first-order valence-electron chi connectivity index (χ1n) is 5.74. The minimum atomic E-state index is -0.663. The number of hydrogen-bond acceptors (Lipinski definition) is 4. The molecule has 1 N–H and O–H groups in total. The van der Waals surface area contributed by atoms with E-state index in [4.69, 9.17) is 4.74 Å². The van der Waals surface area contributed by atoms with Crippen molar-refractivity contribution in [2.24, 2.45) is 0 Å². The second-order valence-corrected chi connectivity index (χ2v) is 5.94. The number of esters is 1. The highest BCUT2D eigenvalue weighted by Gasteiger charge is 2.33. The SMILES string of the molecule is CCNC(C)(CSc1ccccc1Br)C(=O)OC. The summed E-state index contributed by atoms with van der Waals surface area (Å²) < 4.78 is 5.90. The summed E-state index contributed by atoms with van der Waals surface area (Å²) >= 11 is 5.13. The second kappa shape index (κ2) is 7.16. The average Bonchev–Trinajstić information content (AvgIpc) is 2.37. The Hall–Kier alpha value is -0.520. The monoisotopic (exact) mass is 331 g/mol. The van der Waals surface area contributed by atoms with Crippen molar-refractivity contribution in [2.45, 2.75) is 24.3 Å².